The van der Waals surface area contributed by atoms with Crippen molar-refractivity contribution in [2.45, 2.75) is 48.4 Å². The molecule has 1 rings (SSSR count). The number of alkyl halides is 12. The molecule has 0 aromatic carbocycles. The van der Waals surface area contributed by atoms with Crippen LogP contribution in [0.3, 0.4) is 0 Å². The van der Waals surface area contributed by atoms with Crippen molar-refractivity contribution >= 4 is 0 Å². The molecule has 3 atom stereocenters. The van der Waals surface area contributed by atoms with Crippen molar-refractivity contribution in [1.29, 1.82) is 0 Å². The van der Waals surface area contributed by atoms with Gasteiger partial charge in [-0.05, 0) is 12.8 Å². The molecule has 0 aliphatic heterocycles. The van der Waals surface area contributed by atoms with Gasteiger partial charge in [-0.2, -0.15) is 43.9 Å². The summed E-state index contributed by atoms with van der Waals surface area (Å²) in [6, 6.07) is 0. The van der Waals surface area contributed by atoms with Crippen LogP contribution in [0.2, 0.25) is 0 Å². The van der Waals surface area contributed by atoms with Crippen molar-refractivity contribution < 1.29 is 52.7 Å². The van der Waals surface area contributed by atoms with E-state index in [1.165, 1.54) is 0 Å². The Balaban J connectivity index is 3.61. The van der Waals surface area contributed by atoms with Crippen molar-refractivity contribution in [2.24, 2.45) is 5.92 Å². The van der Waals surface area contributed by atoms with Gasteiger partial charge in [0.15, 0.2) is 0 Å². The molecule has 3 unspecified atom stereocenters. The van der Waals surface area contributed by atoms with Crippen LogP contribution >= 0.6 is 0 Å². The minimum Gasteiger partial charge on any atom is -0.233 e. The van der Waals surface area contributed by atoms with E-state index in [1.54, 1.807) is 0 Å². The van der Waals surface area contributed by atoms with Gasteiger partial charge >= 0.3 is 24.2 Å². The predicted molar refractivity (Wildman–Crippen MR) is 52.1 cm³/mol. The lowest BCUT2D eigenvalue weighted by molar-refractivity contribution is -0.400. The van der Waals surface area contributed by atoms with Crippen LogP contribution in [-0.2, 0) is 0 Å². The molecular formula is C11H8F12. The Hall–Kier alpha value is -0.840. The Morgan fingerprint density at radius 3 is 1.65 bits per heavy atom. The maximum atomic E-state index is 14.2. The molecule has 0 saturated heterocycles. The summed E-state index contributed by atoms with van der Waals surface area (Å²) in [6.45, 7) is 2.75. The van der Waals surface area contributed by atoms with E-state index in [2.05, 4.69) is 6.92 Å². The van der Waals surface area contributed by atoms with Gasteiger partial charge in [0.2, 0.25) is 11.3 Å². The van der Waals surface area contributed by atoms with Gasteiger partial charge in [0.05, 0.1) is 0 Å². The average molecular weight is 368 g/mol. The number of rotatable bonds is 3. The van der Waals surface area contributed by atoms with Crippen molar-refractivity contribution in [3.8, 4) is 0 Å². The summed E-state index contributed by atoms with van der Waals surface area (Å²) < 4.78 is 156. The maximum absolute atomic E-state index is 14.2. The van der Waals surface area contributed by atoms with Crippen LogP contribution in [0.1, 0.15) is 12.8 Å². The highest BCUT2D eigenvalue weighted by Gasteiger charge is 2.90. The van der Waals surface area contributed by atoms with Crippen LogP contribution in [0.4, 0.5) is 52.7 Å². The molecule has 0 aromatic rings. The van der Waals surface area contributed by atoms with Crippen molar-refractivity contribution in [2.75, 3.05) is 0 Å². The Morgan fingerprint density at radius 1 is 0.913 bits per heavy atom. The minimum atomic E-state index is -7.23. The third-order valence-corrected chi connectivity index (χ3v) is 3.74. The first-order chi connectivity index (χ1) is 9.92. The highest BCUT2D eigenvalue weighted by molar-refractivity contribution is 5.29. The molecule has 2 radical (unpaired) electrons. The van der Waals surface area contributed by atoms with E-state index < -0.39 is 60.7 Å². The molecule has 0 N–H and O–H groups in total. The van der Waals surface area contributed by atoms with Crippen LogP contribution in [0.15, 0.2) is 0 Å². The lowest BCUT2D eigenvalue weighted by Crippen LogP contribution is -2.72. The largest absolute Gasteiger partial charge is 0.460 e. The lowest BCUT2D eigenvalue weighted by Gasteiger charge is -2.44. The summed E-state index contributed by atoms with van der Waals surface area (Å²) in [7, 11) is 0. The molecule has 0 aromatic heterocycles. The first-order valence-corrected chi connectivity index (χ1v) is 5.82. The molecule has 1 saturated carbocycles. The van der Waals surface area contributed by atoms with E-state index in [-0.39, 0.29) is 0 Å². The SMILES string of the molecule is [CH2]CC1C[CH]C(F)(C(F)(F)C(F)(F)C(F)(F)F)C1(F)C(F)(F)F. The zero-order chi connectivity index (χ0) is 18.7. The Kier molecular flexibility index (Phi) is 4.46. The fourth-order valence-electron chi connectivity index (χ4n) is 2.43. The van der Waals surface area contributed by atoms with E-state index in [9.17, 15) is 52.7 Å². The van der Waals surface area contributed by atoms with Crippen LogP contribution in [-0.4, -0.2) is 35.5 Å². The second-order valence-electron chi connectivity index (χ2n) is 4.99. The summed E-state index contributed by atoms with van der Waals surface area (Å²) in [4.78, 5) is 0. The van der Waals surface area contributed by atoms with Crippen LogP contribution in [0.25, 0.3) is 0 Å². The van der Waals surface area contributed by atoms with Gasteiger partial charge in [-0.25, -0.2) is 8.78 Å². The second-order valence-corrected chi connectivity index (χ2v) is 4.99. The fourth-order valence-corrected chi connectivity index (χ4v) is 2.43. The third kappa shape index (κ3) is 2.30. The Labute approximate surface area is 121 Å². The third-order valence-electron chi connectivity index (χ3n) is 3.74. The first kappa shape index (κ1) is 20.2. The Bertz CT molecular complexity index is 449. The first-order valence-electron chi connectivity index (χ1n) is 5.82. The molecule has 1 fully saturated rings. The number of halogens is 12. The number of hydrogen-bond acceptors (Lipinski definition) is 0. The molecule has 23 heavy (non-hydrogen) atoms. The van der Waals surface area contributed by atoms with Gasteiger partial charge in [-0.3, -0.25) is 0 Å². The molecule has 0 amide bonds. The lowest BCUT2D eigenvalue weighted by atomic mass is 9.76. The quantitative estimate of drug-likeness (QED) is 0.598. The monoisotopic (exact) mass is 368 g/mol. The van der Waals surface area contributed by atoms with E-state index in [1.807, 2.05) is 0 Å². The highest BCUT2D eigenvalue weighted by atomic mass is 19.4. The van der Waals surface area contributed by atoms with E-state index in [0.29, 0.717) is 0 Å². The highest BCUT2D eigenvalue weighted by Crippen LogP contribution is 2.66. The maximum Gasteiger partial charge on any atom is 0.460 e. The summed E-state index contributed by atoms with van der Waals surface area (Å²) in [5.74, 6) is -16.9. The molecule has 0 heterocycles. The average Bonchev–Trinajstić information content (AvgIpc) is 2.62. The van der Waals surface area contributed by atoms with Crippen LogP contribution < -0.4 is 0 Å². The molecule has 0 spiro atoms. The van der Waals surface area contributed by atoms with Crippen LogP contribution in [0, 0.1) is 19.3 Å². The van der Waals surface area contributed by atoms with Gasteiger partial charge in [-0.15, -0.1) is 0 Å². The van der Waals surface area contributed by atoms with E-state index >= 15 is 0 Å². The summed E-state index contributed by atoms with van der Waals surface area (Å²) in [5, 5.41) is 0. The van der Waals surface area contributed by atoms with Gasteiger partial charge in [0.1, 0.15) is 0 Å². The minimum absolute atomic E-state index is 0.823. The van der Waals surface area contributed by atoms with Crippen molar-refractivity contribution in [3.63, 3.8) is 0 Å². The zero-order valence-corrected chi connectivity index (χ0v) is 10.8. The smallest absolute Gasteiger partial charge is 0.233 e. The van der Waals surface area contributed by atoms with Crippen LogP contribution in [0.5, 0.6) is 0 Å². The zero-order valence-electron chi connectivity index (χ0n) is 10.8. The summed E-state index contributed by atoms with van der Waals surface area (Å²) >= 11 is 0. The van der Waals surface area contributed by atoms with Crippen molar-refractivity contribution in [3.05, 3.63) is 13.3 Å². The molecule has 12 heteroatoms. The molecule has 1 aliphatic rings. The van der Waals surface area contributed by atoms with E-state index in [0.717, 1.165) is 0 Å². The fraction of sp³-hybridized carbons (Fsp3) is 0.818. The molecule has 0 nitrogen and oxygen atoms in total. The standard InChI is InChI=1S/C11H8F12/c1-2-5-3-4-6(12,7(5,13)10(18,19)20)8(14,15)9(16,17)11(21,22)23/h4-5H,1-3H2. The molecule has 136 valence electrons. The number of hydrogen-bond donors (Lipinski definition) is 0. The Morgan fingerprint density at radius 2 is 1.35 bits per heavy atom. The summed E-state index contributed by atoms with van der Waals surface area (Å²) in [5.41, 5.74) is -11.6. The van der Waals surface area contributed by atoms with E-state index in [4.69, 9.17) is 0 Å². The van der Waals surface area contributed by atoms with Gasteiger partial charge in [-0.1, -0.05) is 6.92 Å². The molecule has 1 aliphatic carbocycles. The summed E-state index contributed by atoms with van der Waals surface area (Å²) in [6.07, 6.45) is -17.0. The molecule has 0 bridgehead atoms. The van der Waals surface area contributed by atoms with Gasteiger partial charge in [0, 0.05) is 12.3 Å². The van der Waals surface area contributed by atoms with Crippen molar-refractivity contribution in [1.82, 2.24) is 0 Å². The van der Waals surface area contributed by atoms with Gasteiger partial charge < -0.3 is 0 Å². The molecular weight excluding hydrogens is 360 g/mol. The topological polar surface area (TPSA) is 0 Å². The normalized spacial score (nSPS) is 34.0. The predicted octanol–water partition coefficient (Wildman–Crippen LogP) is 5.25. The van der Waals surface area contributed by atoms with Gasteiger partial charge in [0.25, 0.3) is 0 Å². The second kappa shape index (κ2) is 5.08.